The minimum Gasteiger partial charge on any atom is -0.493 e. The van der Waals surface area contributed by atoms with E-state index in [-0.39, 0.29) is 18.4 Å². The molecule has 24 heavy (non-hydrogen) atoms. The summed E-state index contributed by atoms with van der Waals surface area (Å²) in [6, 6.07) is 3.80. The van der Waals surface area contributed by atoms with Gasteiger partial charge in [0.1, 0.15) is 0 Å². The van der Waals surface area contributed by atoms with Crippen LogP contribution in [-0.2, 0) is 11.2 Å². The molecule has 0 heterocycles. The average molecular weight is 337 g/mol. The molecule has 1 N–H and O–H groups in total. The second-order valence-corrected chi connectivity index (χ2v) is 6.50. The van der Waals surface area contributed by atoms with Crippen LogP contribution in [0.2, 0.25) is 0 Å². The van der Waals surface area contributed by atoms with Crippen molar-refractivity contribution in [1.82, 2.24) is 5.32 Å². The van der Waals surface area contributed by atoms with Gasteiger partial charge in [-0.3, -0.25) is 4.79 Å². The summed E-state index contributed by atoms with van der Waals surface area (Å²) in [6.07, 6.45) is 3.60. The zero-order valence-corrected chi connectivity index (χ0v) is 15.8. The van der Waals surface area contributed by atoms with Crippen LogP contribution in [0.5, 0.6) is 17.2 Å². The SMILES string of the molecule is COc1cc(CC(=O)NC(C)CCCC(C)C)cc(OC)c1OC. The monoisotopic (exact) mass is 337 g/mol. The molecule has 0 aliphatic heterocycles. The van der Waals surface area contributed by atoms with E-state index in [1.165, 1.54) is 6.42 Å². The van der Waals surface area contributed by atoms with Crippen LogP contribution < -0.4 is 19.5 Å². The van der Waals surface area contributed by atoms with E-state index in [1.807, 2.05) is 19.1 Å². The summed E-state index contributed by atoms with van der Waals surface area (Å²) >= 11 is 0. The Hall–Kier alpha value is -1.91. The molecular weight excluding hydrogens is 306 g/mol. The van der Waals surface area contributed by atoms with E-state index in [9.17, 15) is 4.79 Å². The fraction of sp³-hybridized carbons (Fsp3) is 0.632. The highest BCUT2D eigenvalue weighted by atomic mass is 16.5. The molecule has 1 aromatic carbocycles. The van der Waals surface area contributed by atoms with E-state index >= 15 is 0 Å². The fourth-order valence-electron chi connectivity index (χ4n) is 2.65. The lowest BCUT2D eigenvalue weighted by Crippen LogP contribution is -2.33. The lowest BCUT2D eigenvalue weighted by Gasteiger charge is -2.16. The highest BCUT2D eigenvalue weighted by Crippen LogP contribution is 2.38. The predicted octanol–water partition coefficient (Wildman–Crippen LogP) is 3.59. The molecule has 0 saturated heterocycles. The molecule has 0 aliphatic rings. The van der Waals surface area contributed by atoms with E-state index in [1.54, 1.807) is 21.3 Å². The van der Waals surface area contributed by atoms with E-state index in [2.05, 4.69) is 19.2 Å². The Morgan fingerprint density at radius 3 is 2.04 bits per heavy atom. The van der Waals surface area contributed by atoms with Gasteiger partial charge in [-0.05, 0) is 37.0 Å². The molecule has 0 aliphatic carbocycles. The quantitative estimate of drug-likeness (QED) is 0.709. The van der Waals surface area contributed by atoms with Crippen molar-refractivity contribution in [3.63, 3.8) is 0 Å². The molecule has 1 rings (SSSR count). The summed E-state index contributed by atoms with van der Waals surface area (Å²) in [4.78, 5) is 12.2. The molecule has 1 atom stereocenters. The first-order valence-corrected chi connectivity index (χ1v) is 8.49. The lowest BCUT2D eigenvalue weighted by atomic mass is 10.0. The summed E-state index contributed by atoms with van der Waals surface area (Å²) in [7, 11) is 4.70. The minimum atomic E-state index is 0.00122. The second kappa shape index (κ2) is 10.1. The van der Waals surface area contributed by atoms with Crippen molar-refractivity contribution in [2.45, 2.75) is 52.5 Å². The third-order valence-corrected chi connectivity index (χ3v) is 3.92. The van der Waals surface area contributed by atoms with Crippen LogP contribution in [0.4, 0.5) is 0 Å². The Bertz CT molecular complexity index is 503. The summed E-state index contributed by atoms with van der Waals surface area (Å²) in [5, 5.41) is 3.05. The van der Waals surface area contributed by atoms with Gasteiger partial charge in [-0.1, -0.05) is 26.7 Å². The van der Waals surface area contributed by atoms with Gasteiger partial charge in [0.05, 0.1) is 27.8 Å². The molecule has 1 amide bonds. The molecule has 5 heteroatoms. The van der Waals surface area contributed by atoms with Gasteiger partial charge < -0.3 is 19.5 Å². The topological polar surface area (TPSA) is 56.8 Å². The molecule has 5 nitrogen and oxygen atoms in total. The molecule has 0 radical (unpaired) electrons. The van der Waals surface area contributed by atoms with Crippen LogP contribution in [0.25, 0.3) is 0 Å². The first-order valence-electron chi connectivity index (χ1n) is 8.49. The average Bonchev–Trinajstić information content (AvgIpc) is 2.53. The molecule has 0 aromatic heterocycles. The number of carbonyl (C=O) groups excluding carboxylic acids is 1. The van der Waals surface area contributed by atoms with Crippen molar-refractivity contribution in [3.8, 4) is 17.2 Å². The summed E-state index contributed by atoms with van der Waals surface area (Å²) in [6.45, 7) is 6.48. The maximum absolute atomic E-state index is 12.2. The molecule has 0 saturated carbocycles. The molecule has 0 bridgehead atoms. The van der Waals surface area contributed by atoms with Gasteiger partial charge in [-0.15, -0.1) is 0 Å². The number of methoxy groups -OCH3 is 3. The molecule has 0 spiro atoms. The van der Waals surface area contributed by atoms with E-state index in [4.69, 9.17) is 14.2 Å². The number of ether oxygens (including phenoxy) is 3. The van der Waals surface area contributed by atoms with Gasteiger partial charge in [0.2, 0.25) is 11.7 Å². The third-order valence-electron chi connectivity index (χ3n) is 3.92. The largest absolute Gasteiger partial charge is 0.493 e. The second-order valence-electron chi connectivity index (χ2n) is 6.50. The predicted molar refractivity (Wildman–Crippen MR) is 96.1 cm³/mol. The van der Waals surface area contributed by atoms with Crippen LogP contribution in [0.15, 0.2) is 12.1 Å². The van der Waals surface area contributed by atoms with Crippen LogP contribution in [0.3, 0.4) is 0 Å². The first kappa shape index (κ1) is 20.1. The Labute approximate surface area is 145 Å². The van der Waals surface area contributed by atoms with Crippen molar-refractivity contribution < 1.29 is 19.0 Å². The molecule has 1 aromatic rings. The standard InChI is InChI=1S/C19H31NO4/c1-13(2)8-7-9-14(3)20-18(21)12-15-10-16(22-4)19(24-6)17(11-15)23-5/h10-11,13-14H,7-9,12H2,1-6H3,(H,20,21). The molecule has 136 valence electrons. The van der Waals surface area contributed by atoms with Gasteiger partial charge in [0, 0.05) is 6.04 Å². The van der Waals surface area contributed by atoms with Crippen molar-refractivity contribution >= 4 is 5.91 Å². The van der Waals surface area contributed by atoms with Crippen molar-refractivity contribution in [1.29, 1.82) is 0 Å². The van der Waals surface area contributed by atoms with Crippen LogP contribution in [0.1, 0.15) is 45.6 Å². The Balaban J connectivity index is 2.66. The van der Waals surface area contributed by atoms with Gasteiger partial charge in [-0.2, -0.15) is 0 Å². The maximum Gasteiger partial charge on any atom is 0.224 e. The maximum atomic E-state index is 12.2. The highest BCUT2D eigenvalue weighted by Gasteiger charge is 2.15. The van der Waals surface area contributed by atoms with Gasteiger partial charge in [-0.25, -0.2) is 0 Å². The summed E-state index contributed by atoms with van der Waals surface area (Å²) < 4.78 is 15.9. The van der Waals surface area contributed by atoms with Crippen molar-refractivity contribution in [3.05, 3.63) is 17.7 Å². The minimum absolute atomic E-state index is 0.00122. The van der Waals surface area contributed by atoms with Crippen molar-refractivity contribution in [2.75, 3.05) is 21.3 Å². The number of benzene rings is 1. The van der Waals surface area contributed by atoms with E-state index < -0.39 is 0 Å². The lowest BCUT2D eigenvalue weighted by molar-refractivity contribution is -0.121. The van der Waals surface area contributed by atoms with Crippen molar-refractivity contribution in [2.24, 2.45) is 5.92 Å². The van der Waals surface area contributed by atoms with Crippen LogP contribution in [-0.4, -0.2) is 33.3 Å². The molecule has 0 fully saturated rings. The van der Waals surface area contributed by atoms with Crippen LogP contribution >= 0.6 is 0 Å². The Kier molecular flexibility index (Phi) is 8.44. The summed E-state index contributed by atoms with van der Waals surface area (Å²) in [5.41, 5.74) is 0.830. The zero-order valence-electron chi connectivity index (χ0n) is 15.8. The zero-order chi connectivity index (χ0) is 18.1. The van der Waals surface area contributed by atoms with E-state index in [0.29, 0.717) is 23.2 Å². The number of rotatable bonds is 10. The van der Waals surface area contributed by atoms with Gasteiger partial charge >= 0.3 is 0 Å². The van der Waals surface area contributed by atoms with Crippen LogP contribution in [0, 0.1) is 5.92 Å². The highest BCUT2D eigenvalue weighted by molar-refractivity contribution is 5.79. The van der Waals surface area contributed by atoms with Gasteiger partial charge in [0.25, 0.3) is 0 Å². The Morgan fingerprint density at radius 2 is 1.58 bits per heavy atom. The number of hydrogen-bond donors (Lipinski definition) is 1. The number of nitrogens with one attached hydrogen (secondary N) is 1. The van der Waals surface area contributed by atoms with Gasteiger partial charge in [0.15, 0.2) is 11.5 Å². The number of hydrogen-bond acceptors (Lipinski definition) is 4. The normalized spacial score (nSPS) is 12.0. The third kappa shape index (κ3) is 6.30. The Morgan fingerprint density at radius 1 is 1.00 bits per heavy atom. The fourth-order valence-corrected chi connectivity index (χ4v) is 2.65. The first-order chi connectivity index (χ1) is 11.4. The molecular formula is C19H31NO4. The number of carbonyl (C=O) groups is 1. The smallest absolute Gasteiger partial charge is 0.224 e. The molecule has 1 unspecified atom stereocenters. The summed E-state index contributed by atoms with van der Waals surface area (Å²) in [5.74, 6) is 2.36. The number of amides is 1. The van der Waals surface area contributed by atoms with E-state index in [0.717, 1.165) is 18.4 Å².